The van der Waals surface area contributed by atoms with Crippen LogP contribution >= 0.6 is 11.3 Å². The second-order valence-corrected chi connectivity index (χ2v) is 6.28. The van der Waals surface area contributed by atoms with Gasteiger partial charge in [-0.2, -0.15) is 5.26 Å². The fourth-order valence-corrected chi connectivity index (χ4v) is 2.77. The van der Waals surface area contributed by atoms with Gasteiger partial charge < -0.3 is 15.2 Å². The number of amides is 1. The van der Waals surface area contributed by atoms with Crippen molar-refractivity contribution in [1.82, 2.24) is 5.32 Å². The molecule has 2 aromatic rings. The summed E-state index contributed by atoms with van der Waals surface area (Å²) in [7, 11) is 0. The van der Waals surface area contributed by atoms with Crippen LogP contribution in [0.5, 0.6) is 5.75 Å². The monoisotopic (exact) mass is 330 g/mol. The average molecular weight is 330 g/mol. The van der Waals surface area contributed by atoms with E-state index >= 15 is 0 Å². The normalized spacial score (nSPS) is 14.3. The third-order valence-electron chi connectivity index (χ3n) is 3.34. The van der Waals surface area contributed by atoms with Gasteiger partial charge in [-0.25, -0.2) is 0 Å². The number of benzene rings is 1. The predicted molar refractivity (Wildman–Crippen MR) is 88.1 cm³/mol. The minimum absolute atomic E-state index is 0.0833. The molecule has 2 N–H and O–H groups in total. The molecule has 0 spiro atoms. The summed E-state index contributed by atoms with van der Waals surface area (Å²) in [5, 5.41) is 24.0. The van der Waals surface area contributed by atoms with E-state index in [-0.39, 0.29) is 12.5 Å². The Morgan fingerprint density at radius 1 is 1.43 bits per heavy atom. The average Bonchev–Trinajstić information content (AvgIpc) is 3.08. The zero-order valence-corrected chi connectivity index (χ0v) is 13.8. The van der Waals surface area contributed by atoms with Crippen molar-refractivity contribution in [2.75, 3.05) is 6.54 Å². The lowest BCUT2D eigenvalue weighted by Crippen LogP contribution is -2.43. The Kier molecular flexibility index (Phi) is 5.37. The van der Waals surface area contributed by atoms with Gasteiger partial charge in [-0.15, -0.1) is 11.3 Å². The van der Waals surface area contributed by atoms with E-state index in [0.29, 0.717) is 11.3 Å². The zero-order valence-electron chi connectivity index (χ0n) is 12.9. The van der Waals surface area contributed by atoms with Gasteiger partial charge in [0.2, 0.25) is 0 Å². The number of ether oxygens (including phenoxy) is 1. The van der Waals surface area contributed by atoms with Crippen molar-refractivity contribution in [3.63, 3.8) is 0 Å². The van der Waals surface area contributed by atoms with Crippen molar-refractivity contribution >= 4 is 17.2 Å². The first-order valence-electron chi connectivity index (χ1n) is 7.14. The summed E-state index contributed by atoms with van der Waals surface area (Å²) in [6, 6.07) is 12.4. The van der Waals surface area contributed by atoms with E-state index in [9.17, 15) is 9.90 Å². The van der Waals surface area contributed by atoms with Crippen molar-refractivity contribution in [2.45, 2.75) is 25.6 Å². The van der Waals surface area contributed by atoms with Gasteiger partial charge in [0.05, 0.1) is 12.1 Å². The molecule has 0 saturated carbocycles. The van der Waals surface area contributed by atoms with E-state index in [1.54, 1.807) is 38.1 Å². The lowest BCUT2D eigenvalue weighted by molar-refractivity contribution is -0.128. The van der Waals surface area contributed by atoms with Gasteiger partial charge in [0, 0.05) is 4.88 Å². The number of carbonyl (C=O) groups is 1. The lowest BCUT2D eigenvalue weighted by Gasteiger charge is -2.23. The molecule has 0 saturated heterocycles. The van der Waals surface area contributed by atoms with Gasteiger partial charge in [-0.3, -0.25) is 4.79 Å². The fourth-order valence-electron chi connectivity index (χ4n) is 1.98. The van der Waals surface area contributed by atoms with Crippen molar-refractivity contribution in [3.05, 3.63) is 52.2 Å². The molecule has 0 fully saturated rings. The summed E-state index contributed by atoms with van der Waals surface area (Å²) in [4.78, 5) is 12.9. The van der Waals surface area contributed by atoms with Gasteiger partial charge in [-0.05, 0) is 37.4 Å². The highest BCUT2D eigenvalue weighted by Crippen LogP contribution is 2.24. The topological polar surface area (TPSA) is 82.3 Å². The number of thiophene rings is 1. The van der Waals surface area contributed by atoms with E-state index in [1.165, 1.54) is 11.3 Å². The Morgan fingerprint density at radius 2 is 2.17 bits per heavy atom. The van der Waals surface area contributed by atoms with E-state index in [0.717, 1.165) is 4.88 Å². The smallest absolute Gasteiger partial charge is 0.260 e. The van der Waals surface area contributed by atoms with E-state index < -0.39 is 11.7 Å². The van der Waals surface area contributed by atoms with E-state index in [4.69, 9.17) is 10.00 Å². The molecule has 0 aliphatic heterocycles. The van der Waals surface area contributed by atoms with Gasteiger partial charge >= 0.3 is 0 Å². The SMILES string of the molecule is CC(Oc1ccccc1C#N)C(=O)NCC(C)(O)c1cccs1. The summed E-state index contributed by atoms with van der Waals surface area (Å²) in [6.45, 7) is 3.33. The molecule has 0 aliphatic carbocycles. The van der Waals surface area contributed by atoms with Crippen LogP contribution in [0.15, 0.2) is 41.8 Å². The number of para-hydroxylation sites is 1. The summed E-state index contributed by atoms with van der Waals surface area (Å²) in [6.07, 6.45) is -0.774. The summed E-state index contributed by atoms with van der Waals surface area (Å²) >= 11 is 1.43. The van der Waals surface area contributed by atoms with Crippen molar-refractivity contribution in [3.8, 4) is 11.8 Å². The molecule has 1 heterocycles. The third kappa shape index (κ3) is 4.31. The number of rotatable bonds is 6. The number of hydrogen-bond donors (Lipinski definition) is 2. The third-order valence-corrected chi connectivity index (χ3v) is 4.46. The Labute approximate surface area is 139 Å². The van der Waals surface area contributed by atoms with Crippen LogP contribution in [0.25, 0.3) is 0 Å². The van der Waals surface area contributed by atoms with E-state index in [2.05, 4.69) is 5.32 Å². The number of nitriles is 1. The number of hydrogen-bond acceptors (Lipinski definition) is 5. The maximum absolute atomic E-state index is 12.1. The Hall–Kier alpha value is -2.36. The van der Waals surface area contributed by atoms with Gasteiger partial charge in [0.1, 0.15) is 17.4 Å². The molecular weight excluding hydrogens is 312 g/mol. The molecule has 2 atom stereocenters. The molecule has 0 radical (unpaired) electrons. The van der Waals surface area contributed by atoms with Crippen LogP contribution in [0, 0.1) is 11.3 Å². The quantitative estimate of drug-likeness (QED) is 0.852. The zero-order chi connectivity index (χ0) is 16.9. The lowest BCUT2D eigenvalue weighted by atomic mass is 10.1. The first-order valence-corrected chi connectivity index (χ1v) is 8.02. The maximum Gasteiger partial charge on any atom is 0.260 e. The largest absolute Gasteiger partial charge is 0.480 e. The minimum Gasteiger partial charge on any atom is -0.480 e. The molecular formula is C17H18N2O3S. The molecule has 1 aromatic carbocycles. The minimum atomic E-state index is -1.13. The highest BCUT2D eigenvalue weighted by atomic mass is 32.1. The number of carbonyl (C=O) groups excluding carboxylic acids is 1. The van der Waals surface area contributed by atoms with Crippen molar-refractivity contribution in [1.29, 1.82) is 5.26 Å². The number of nitrogens with zero attached hydrogens (tertiary/aromatic N) is 1. The highest BCUT2D eigenvalue weighted by Gasteiger charge is 2.26. The van der Waals surface area contributed by atoms with Gasteiger partial charge in [0.25, 0.3) is 5.91 Å². The predicted octanol–water partition coefficient (Wildman–Crippen LogP) is 2.41. The van der Waals surface area contributed by atoms with Crippen LogP contribution in [0.1, 0.15) is 24.3 Å². The standard InChI is InChI=1S/C17H18N2O3S/c1-12(22-14-7-4-3-6-13(14)10-18)16(20)19-11-17(2,21)15-8-5-9-23-15/h3-9,12,21H,11H2,1-2H3,(H,19,20). The summed E-state index contributed by atoms with van der Waals surface area (Å²) < 4.78 is 5.54. The van der Waals surface area contributed by atoms with Crippen LogP contribution in [0.4, 0.5) is 0 Å². The molecule has 2 unspecified atom stereocenters. The second kappa shape index (κ2) is 7.27. The molecule has 5 nitrogen and oxygen atoms in total. The molecule has 120 valence electrons. The van der Waals surface area contributed by atoms with Crippen LogP contribution in [-0.4, -0.2) is 23.7 Å². The van der Waals surface area contributed by atoms with Crippen molar-refractivity contribution < 1.29 is 14.6 Å². The van der Waals surface area contributed by atoms with Crippen LogP contribution in [0.3, 0.4) is 0 Å². The highest BCUT2D eigenvalue weighted by molar-refractivity contribution is 7.10. The summed E-state index contributed by atoms with van der Waals surface area (Å²) in [5.41, 5.74) is -0.758. The molecule has 1 aromatic heterocycles. The Bertz CT molecular complexity index is 705. The molecule has 1 amide bonds. The maximum atomic E-state index is 12.1. The van der Waals surface area contributed by atoms with Crippen LogP contribution in [0.2, 0.25) is 0 Å². The fraction of sp³-hybridized carbons (Fsp3) is 0.294. The molecule has 0 aliphatic rings. The first-order chi connectivity index (χ1) is 10.9. The summed E-state index contributed by atoms with van der Waals surface area (Å²) in [5.74, 6) is 0.0113. The first kappa shape index (κ1) is 17.0. The van der Waals surface area contributed by atoms with Crippen LogP contribution in [-0.2, 0) is 10.4 Å². The number of aliphatic hydroxyl groups is 1. The van der Waals surface area contributed by atoms with Gasteiger partial charge in [0.15, 0.2) is 6.10 Å². The molecule has 2 rings (SSSR count). The van der Waals surface area contributed by atoms with Crippen molar-refractivity contribution in [2.24, 2.45) is 0 Å². The molecule has 0 bridgehead atoms. The van der Waals surface area contributed by atoms with Crippen LogP contribution < -0.4 is 10.1 Å². The Balaban J connectivity index is 1.94. The molecule has 6 heteroatoms. The number of nitrogens with one attached hydrogen (secondary N) is 1. The van der Waals surface area contributed by atoms with E-state index in [1.807, 2.05) is 23.6 Å². The Morgan fingerprint density at radius 3 is 2.83 bits per heavy atom. The molecule has 23 heavy (non-hydrogen) atoms. The van der Waals surface area contributed by atoms with Gasteiger partial charge in [-0.1, -0.05) is 18.2 Å². The second-order valence-electron chi connectivity index (χ2n) is 5.34.